The van der Waals surface area contributed by atoms with Crippen LogP contribution in [0.15, 0.2) is 56.2 Å². The third-order valence-corrected chi connectivity index (χ3v) is 7.08. The fourth-order valence-corrected chi connectivity index (χ4v) is 4.79. The van der Waals surface area contributed by atoms with Gasteiger partial charge in [0.15, 0.2) is 0 Å². The van der Waals surface area contributed by atoms with Crippen LogP contribution < -0.4 is 10.7 Å². The first-order valence-corrected chi connectivity index (χ1v) is 11.4. The molecule has 0 aliphatic carbocycles. The number of rotatable bonds is 4. The summed E-state index contributed by atoms with van der Waals surface area (Å²) in [4.78, 5) is 47.8. The minimum Gasteiger partial charge on any atom is -0.339 e. The number of amides is 4. The van der Waals surface area contributed by atoms with Gasteiger partial charge in [-0.1, -0.05) is 41.0 Å². The Morgan fingerprint density at radius 3 is 2.22 bits per heavy atom. The summed E-state index contributed by atoms with van der Waals surface area (Å²) in [5.74, 6) is -0.0734. The number of fused-ring (bicyclic) bond motifs is 1. The van der Waals surface area contributed by atoms with Crippen molar-refractivity contribution in [3.8, 4) is 0 Å². The van der Waals surface area contributed by atoms with E-state index < -0.39 is 6.03 Å². The van der Waals surface area contributed by atoms with E-state index in [1.807, 2.05) is 12.1 Å². The van der Waals surface area contributed by atoms with E-state index in [1.165, 1.54) is 24.8 Å². The van der Waals surface area contributed by atoms with Gasteiger partial charge in [0.25, 0.3) is 0 Å². The Morgan fingerprint density at radius 2 is 1.56 bits per heavy atom. The van der Waals surface area contributed by atoms with Crippen molar-refractivity contribution in [2.75, 3.05) is 26.2 Å². The molecule has 0 bridgehead atoms. The number of nitrogens with zero attached hydrogens (tertiary/aromatic N) is 4. The summed E-state index contributed by atoms with van der Waals surface area (Å²) in [5, 5.41) is 1.91. The number of benzene rings is 2. The van der Waals surface area contributed by atoms with Crippen molar-refractivity contribution in [2.45, 2.75) is 16.7 Å². The minimum absolute atomic E-state index is 0.0271. The highest BCUT2D eigenvalue weighted by molar-refractivity contribution is 7.99. The summed E-state index contributed by atoms with van der Waals surface area (Å²) in [5.41, 5.74) is 0.787. The molecule has 0 N–H and O–H groups in total. The van der Waals surface area contributed by atoms with Crippen LogP contribution in [0.4, 0.5) is 4.79 Å². The first kappa shape index (κ1) is 22.5. The van der Waals surface area contributed by atoms with Crippen LogP contribution >= 0.6 is 35.0 Å². The molecule has 10 heteroatoms. The van der Waals surface area contributed by atoms with Crippen LogP contribution in [0.5, 0.6) is 0 Å². The number of carbonyl (C=O) groups excluding carboxylic acids is 3. The molecule has 1 fully saturated rings. The van der Waals surface area contributed by atoms with Gasteiger partial charge in [0.2, 0.25) is 11.8 Å². The van der Waals surface area contributed by atoms with Gasteiger partial charge < -0.3 is 9.80 Å². The second kappa shape index (κ2) is 9.44. The Balaban J connectivity index is 1.43. The molecule has 4 amide bonds. The summed E-state index contributed by atoms with van der Waals surface area (Å²) >= 11 is 14.1. The molecule has 1 saturated heterocycles. The number of urea groups is 1. The average Bonchev–Trinajstić information content (AvgIpc) is 3.12. The quantitative estimate of drug-likeness (QED) is 0.618. The van der Waals surface area contributed by atoms with Crippen molar-refractivity contribution in [2.24, 2.45) is 9.98 Å². The van der Waals surface area contributed by atoms with E-state index in [4.69, 9.17) is 23.2 Å². The lowest BCUT2D eigenvalue weighted by Crippen LogP contribution is -2.49. The average molecular weight is 489 g/mol. The molecule has 164 valence electrons. The second-order valence-electron chi connectivity index (χ2n) is 7.23. The van der Waals surface area contributed by atoms with Crippen LogP contribution in [0, 0.1) is 0 Å². The van der Waals surface area contributed by atoms with E-state index in [0.717, 1.165) is 10.5 Å². The van der Waals surface area contributed by atoms with Gasteiger partial charge >= 0.3 is 6.03 Å². The highest BCUT2D eigenvalue weighted by Crippen LogP contribution is 2.36. The SMILES string of the molecule is CC(=O)N1CCN(C(=O)C=Cc2ccc(Sc3cc4c(cc3Cl)=NC(=O)N=4)c(Cl)c2)CC1. The Labute approximate surface area is 198 Å². The van der Waals surface area contributed by atoms with Crippen LogP contribution in [-0.4, -0.2) is 53.8 Å². The number of carbonyl (C=O) groups is 3. The molecule has 2 aliphatic heterocycles. The summed E-state index contributed by atoms with van der Waals surface area (Å²) in [7, 11) is 0. The number of halogens is 2. The van der Waals surface area contributed by atoms with Crippen molar-refractivity contribution in [3.05, 3.63) is 62.7 Å². The molecule has 7 nitrogen and oxygen atoms in total. The van der Waals surface area contributed by atoms with Gasteiger partial charge in [-0.05, 0) is 35.9 Å². The second-order valence-corrected chi connectivity index (χ2v) is 9.13. The molecule has 2 aromatic rings. The van der Waals surface area contributed by atoms with E-state index in [2.05, 4.69) is 9.98 Å². The van der Waals surface area contributed by atoms with E-state index in [-0.39, 0.29) is 11.8 Å². The van der Waals surface area contributed by atoms with Crippen LogP contribution in [0.3, 0.4) is 0 Å². The lowest BCUT2D eigenvalue weighted by molar-refractivity contribution is -0.135. The zero-order valence-corrected chi connectivity index (χ0v) is 19.4. The topological polar surface area (TPSA) is 82.4 Å². The van der Waals surface area contributed by atoms with Crippen LogP contribution in [0.25, 0.3) is 6.08 Å². The summed E-state index contributed by atoms with van der Waals surface area (Å²) in [6.07, 6.45) is 3.23. The molecule has 2 aromatic carbocycles. The Bertz CT molecular complexity index is 1270. The zero-order valence-electron chi connectivity index (χ0n) is 17.0. The lowest BCUT2D eigenvalue weighted by atomic mass is 10.2. The first-order chi connectivity index (χ1) is 15.3. The van der Waals surface area contributed by atoms with Gasteiger partial charge in [-0.15, -0.1) is 0 Å². The fourth-order valence-electron chi connectivity index (χ4n) is 3.36. The summed E-state index contributed by atoms with van der Waals surface area (Å²) in [6, 6.07) is 8.26. The van der Waals surface area contributed by atoms with Gasteiger partial charge in [-0.2, -0.15) is 9.98 Å². The predicted molar refractivity (Wildman–Crippen MR) is 123 cm³/mol. The number of hydrogen-bond donors (Lipinski definition) is 0. The van der Waals surface area contributed by atoms with E-state index >= 15 is 0 Å². The Morgan fingerprint density at radius 1 is 0.938 bits per heavy atom. The normalized spacial score (nSPS) is 15.5. The summed E-state index contributed by atoms with van der Waals surface area (Å²) < 4.78 is 0. The van der Waals surface area contributed by atoms with Gasteiger partial charge in [-0.25, -0.2) is 4.79 Å². The van der Waals surface area contributed by atoms with E-state index in [9.17, 15) is 14.4 Å². The number of hydrogen-bond acceptors (Lipinski definition) is 4. The third kappa shape index (κ3) is 5.03. The predicted octanol–water partition coefficient (Wildman–Crippen LogP) is 3.22. The fraction of sp³-hybridized carbons (Fsp3) is 0.227. The van der Waals surface area contributed by atoms with Crippen molar-refractivity contribution >= 4 is 58.9 Å². The van der Waals surface area contributed by atoms with Crippen molar-refractivity contribution in [1.29, 1.82) is 0 Å². The van der Waals surface area contributed by atoms with Gasteiger partial charge in [0.05, 0.1) is 20.8 Å². The molecular weight excluding hydrogens is 471 g/mol. The molecular formula is C22H18Cl2N4O3S. The molecule has 0 aromatic heterocycles. The monoisotopic (exact) mass is 488 g/mol. The van der Waals surface area contributed by atoms with Crippen molar-refractivity contribution in [3.63, 3.8) is 0 Å². The van der Waals surface area contributed by atoms with Crippen molar-refractivity contribution in [1.82, 2.24) is 9.80 Å². The molecule has 0 radical (unpaired) electrons. The third-order valence-electron chi connectivity index (χ3n) is 5.09. The molecule has 0 saturated carbocycles. The highest BCUT2D eigenvalue weighted by Gasteiger charge is 2.20. The Kier molecular flexibility index (Phi) is 6.64. The molecule has 2 heterocycles. The maximum absolute atomic E-state index is 12.4. The highest BCUT2D eigenvalue weighted by atomic mass is 35.5. The van der Waals surface area contributed by atoms with Gasteiger partial charge in [-0.3, -0.25) is 9.59 Å². The van der Waals surface area contributed by atoms with Gasteiger partial charge in [0, 0.05) is 49.0 Å². The first-order valence-electron chi connectivity index (χ1n) is 9.81. The molecule has 2 aliphatic rings. The maximum Gasteiger partial charge on any atom is 0.368 e. The Hall–Kier alpha value is -2.68. The van der Waals surface area contributed by atoms with Gasteiger partial charge in [0.1, 0.15) is 0 Å². The number of piperazine rings is 1. The smallest absolute Gasteiger partial charge is 0.339 e. The van der Waals surface area contributed by atoms with Crippen LogP contribution in [0.1, 0.15) is 12.5 Å². The zero-order chi connectivity index (χ0) is 22.8. The van der Waals surface area contributed by atoms with Crippen molar-refractivity contribution < 1.29 is 14.4 Å². The summed E-state index contributed by atoms with van der Waals surface area (Å²) in [6.45, 7) is 3.67. The molecule has 32 heavy (non-hydrogen) atoms. The molecule has 4 rings (SSSR count). The van der Waals surface area contributed by atoms with Crippen LogP contribution in [-0.2, 0) is 9.59 Å². The molecule has 0 atom stereocenters. The molecule has 0 spiro atoms. The van der Waals surface area contributed by atoms with E-state index in [0.29, 0.717) is 51.8 Å². The minimum atomic E-state index is -0.539. The lowest BCUT2D eigenvalue weighted by Gasteiger charge is -2.33. The van der Waals surface area contributed by atoms with E-state index in [1.54, 1.807) is 34.1 Å². The maximum atomic E-state index is 12.4. The standard InChI is InChI=1S/C22H18Cl2N4O3S/c1-13(29)27-6-8-28(9-7-27)21(30)5-3-14-2-4-19(15(23)10-14)32-20-12-18-17(11-16(20)24)25-22(31)26-18/h2-5,10-12H,6-9H2,1H3. The largest absolute Gasteiger partial charge is 0.368 e. The van der Waals surface area contributed by atoms with Crippen LogP contribution in [0.2, 0.25) is 10.0 Å². The molecule has 0 unspecified atom stereocenters.